The van der Waals surface area contributed by atoms with Crippen molar-refractivity contribution >= 4 is 5.91 Å². The number of para-hydroxylation sites is 1. The minimum atomic E-state index is -0.274. The SMILES string of the molecule is O=C(NCc1cc(C2CC2)ncn1)c1cnn(-c2ccccc2)n1. The minimum Gasteiger partial charge on any atom is -0.345 e. The number of amides is 1. The van der Waals surface area contributed by atoms with Gasteiger partial charge in [0.25, 0.3) is 5.91 Å². The fraction of sp³-hybridized carbons (Fsp3) is 0.235. The van der Waals surface area contributed by atoms with Crippen molar-refractivity contribution in [3.05, 3.63) is 66.0 Å². The molecular weight excluding hydrogens is 304 g/mol. The third-order valence-electron chi connectivity index (χ3n) is 3.88. The monoisotopic (exact) mass is 320 g/mol. The zero-order valence-corrected chi connectivity index (χ0v) is 13.0. The Labute approximate surface area is 138 Å². The van der Waals surface area contributed by atoms with Gasteiger partial charge in [-0.25, -0.2) is 9.97 Å². The summed E-state index contributed by atoms with van der Waals surface area (Å²) in [7, 11) is 0. The molecule has 3 aromatic rings. The van der Waals surface area contributed by atoms with Crippen molar-refractivity contribution in [1.82, 2.24) is 30.3 Å². The van der Waals surface area contributed by atoms with Crippen molar-refractivity contribution in [3.8, 4) is 5.69 Å². The normalized spacial score (nSPS) is 13.7. The quantitative estimate of drug-likeness (QED) is 0.775. The molecule has 0 bridgehead atoms. The molecular formula is C17H16N6O. The van der Waals surface area contributed by atoms with Crippen LogP contribution in [-0.2, 0) is 6.54 Å². The van der Waals surface area contributed by atoms with Crippen LogP contribution in [0.4, 0.5) is 0 Å². The van der Waals surface area contributed by atoms with E-state index in [1.165, 1.54) is 23.8 Å². The van der Waals surface area contributed by atoms with Crippen molar-refractivity contribution in [1.29, 1.82) is 0 Å². The van der Waals surface area contributed by atoms with Gasteiger partial charge < -0.3 is 5.32 Å². The van der Waals surface area contributed by atoms with Crippen molar-refractivity contribution in [2.45, 2.75) is 25.3 Å². The lowest BCUT2D eigenvalue weighted by molar-refractivity contribution is 0.0945. The van der Waals surface area contributed by atoms with E-state index >= 15 is 0 Å². The molecule has 0 radical (unpaired) electrons. The summed E-state index contributed by atoms with van der Waals surface area (Å²) in [6.07, 6.45) is 5.38. The van der Waals surface area contributed by atoms with Gasteiger partial charge in [0.15, 0.2) is 5.69 Å². The summed E-state index contributed by atoms with van der Waals surface area (Å²) in [4.78, 5) is 22.1. The molecule has 7 heteroatoms. The van der Waals surface area contributed by atoms with Gasteiger partial charge in [-0.15, -0.1) is 5.10 Å². The molecule has 1 amide bonds. The predicted octanol–water partition coefficient (Wildman–Crippen LogP) is 1.86. The summed E-state index contributed by atoms with van der Waals surface area (Å²) >= 11 is 0. The number of carbonyl (C=O) groups is 1. The maximum atomic E-state index is 12.2. The molecule has 1 N–H and O–H groups in total. The van der Waals surface area contributed by atoms with Gasteiger partial charge in [0.05, 0.1) is 24.1 Å². The van der Waals surface area contributed by atoms with Gasteiger partial charge in [-0.1, -0.05) is 18.2 Å². The molecule has 1 fully saturated rings. The van der Waals surface area contributed by atoms with E-state index in [1.807, 2.05) is 36.4 Å². The van der Waals surface area contributed by atoms with Gasteiger partial charge in [-0.05, 0) is 31.0 Å². The van der Waals surface area contributed by atoms with Gasteiger partial charge in [0, 0.05) is 11.6 Å². The highest BCUT2D eigenvalue weighted by Crippen LogP contribution is 2.38. The van der Waals surface area contributed by atoms with Crippen molar-refractivity contribution < 1.29 is 4.79 Å². The summed E-state index contributed by atoms with van der Waals surface area (Å²) < 4.78 is 0. The molecule has 1 aliphatic rings. The highest BCUT2D eigenvalue weighted by molar-refractivity contribution is 5.91. The lowest BCUT2D eigenvalue weighted by Crippen LogP contribution is -2.24. The fourth-order valence-corrected chi connectivity index (χ4v) is 2.43. The first-order valence-electron chi connectivity index (χ1n) is 7.86. The predicted molar refractivity (Wildman–Crippen MR) is 86.5 cm³/mol. The standard InChI is InChI=1S/C17H16N6O/c24-17(16-10-21-23(22-16)14-4-2-1-3-5-14)18-9-13-8-15(12-6-7-12)20-11-19-13/h1-5,8,10-12H,6-7,9H2,(H,18,24). The largest absolute Gasteiger partial charge is 0.345 e. The number of hydrogen-bond donors (Lipinski definition) is 1. The second-order valence-corrected chi connectivity index (χ2v) is 5.75. The van der Waals surface area contributed by atoms with E-state index in [0.717, 1.165) is 17.1 Å². The lowest BCUT2D eigenvalue weighted by atomic mass is 10.2. The number of benzene rings is 1. The van der Waals surface area contributed by atoms with Crippen molar-refractivity contribution in [2.24, 2.45) is 0 Å². The molecule has 1 saturated carbocycles. The Morgan fingerprint density at radius 3 is 2.83 bits per heavy atom. The molecule has 0 atom stereocenters. The molecule has 120 valence electrons. The molecule has 0 aliphatic heterocycles. The first kappa shape index (κ1) is 14.5. The number of nitrogens with zero attached hydrogens (tertiary/aromatic N) is 5. The number of nitrogens with one attached hydrogen (secondary N) is 1. The van der Waals surface area contributed by atoms with E-state index in [1.54, 1.807) is 6.33 Å². The summed E-state index contributed by atoms with van der Waals surface area (Å²) in [6.45, 7) is 0.346. The Hall–Kier alpha value is -3.09. The molecule has 0 unspecified atom stereocenters. The zero-order valence-electron chi connectivity index (χ0n) is 13.0. The third kappa shape index (κ3) is 3.15. The topological polar surface area (TPSA) is 85.6 Å². The van der Waals surface area contributed by atoms with Crippen LogP contribution in [0.5, 0.6) is 0 Å². The molecule has 4 rings (SSSR count). The van der Waals surface area contributed by atoms with Crippen LogP contribution in [-0.4, -0.2) is 30.9 Å². The van der Waals surface area contributed by atoms with Crippen LogP contribution in [0.1, 0.15) is 40.6 Å². The van der Waals surface area contributed by atoms with Crippen LogP contribution < -0.4 is 5.32 Å². The van der Waals surface area contributed by atoms with E-state index < -0.39 is 0 Å². The average molecular weight is 320 g/mol. The van der Waals surface area contributed by atoms with Gasteiger partial charge in [0.1, 0.15) is 6.33 Å². The van der Waals surface area contributed by atoms with Crippen molar-refractivity contribution in [2.75, 3.05) is 0 Å². The van der Waals surface area contributed by atoms with Gasteiger partial charge >= 0.3 is 0 Å². The Balaban J connectivity index is 1.41. The minimum absolute atomic E-state index is 0.273. The van der Waals surface area contributed by atoms with E-state index in [-0.39, 0.29) is 11.6 Å². The maximum Gasteiger partial charge on any atom is 0.273 e. The zero-order chi connectivity index (χ0) is 16.4. The van der Waals surface area contributed by atoms with Crippen molar-refractivity contribution in [3.63, 3.8) is 0 Å². The average Bonchev–Trinajstić information content (AvgIpc) is 3.37. The van der Waals surface area contributed by atoms with Gasteiger partial charge in [0.2, 0.25) is 0 Å². The van der Waals surface area contributed by atoms with Gasteiger partial charge in [-0.3, -0.25) is 4.79 Å². The molecule has 0 saturated heterocycles. The summed E-state index contributed by atoms with van der Waals surface area (Å²) in [6, 6.07) is 11.4. The molecule has 2 heterocycles. The number of carbonyl (C=O) groups excluding carboxylic acids is 1. The smallest absolute Gasteiger partial charge is 0.273 e. The number of rotatable bonds is 5. The molecule has 7 nitrogen and oxygen atoms in total. The van der Waals surface area contributed by atoms with Crippen LogP contribution in [0.3, 0.4) is 0 Å². The van der Waals surface area contributed by atoms with Crippen LogP contribution in [0.15, 0.2) is 48.9 Å². The highest BCUT2D eigenvalue weighted by Gasteiger charge is 2.25. The lowest BCUT2D eigenvalue weighted by Gasteiger charge is -2.04. The summed E-state index contributed by atoms with van der Waals surface area (Å²) in [5.74, 6) is 0.289. The molecule has 0 spiro atoms. The molecule has 24 heavy (non-hydrogen) atoms. The Bertz CT molecular complexity index is 856. The highest BCUT2D eigenvalue weighted by atomic mass is 16.2. The van der Waals surface area contributed by atoms with Crippen LogP contribution >= 0.6 is 0 Å². The van der Waals surface area contributed by atoms with Crippen LogP contribution in [0.2, 0.25) is 0 Å². The Kier molecular flexibility index (Phi) is 3.74. The maximum absolute atomic E-state index is 12.2. The molecule has 2 aromatic heterocycles. The third-order valence-corrected chi connectivity index (χ3v) is 3.88. The first-order valence-corrected chi connectivity index (χ1v) is 7.86. The fourth-order valence-electron chi connectivity index (χ4n) is 2.43. The Morgan fingerprint density at radius 1 is 1.21 bits per heavy atom. The second-order valence-electron chi connectivity index (χ2n) is 5.75. The van der Waals surface area contributed by atoms with Crippen LogP contribution in [0.25, 0.3) is 5.69 Å². The first-order chi connectivity index (χ1) is 11.8. The van der Waals surface area contributed by atoms with Crippen LogP contribution in [0, 0.1) is 0 Å². The van der Waals surface area contributed by atoms with E-state index in [4.69, 9.17) is 0 Å². The number of hydrogen-bond acceptors (Lipinski definition) is 5. The van der Waals surface area contributed by atoms with E-state index in [0.29, 0.717) is 12.5 Å². The van der Waals surface area contributed by atoms with E-state index in [2.05, 4.69) is 25.5 Å². The summed E-state index contributed by atoms with van der Waals surface area (Å²) in [5.41, 5.74) is 2.94. The summed E-state index contributed by atoms with van der Waals surface area (Å²) in [5, 5.41) is 11.2. The second kappa shape index (κ2) is 6.19. The van der Waals surface area contributed by atoms with Gasteiger partial charge in [-0.2, -0.15) is 9.90 Å². The Morgan fingerprint density at radius 2 is 2.04 bits per heavy atom. The number of aromatic nitrogens is 5. The molecule has 1 aromatic carbocycles. The molecule has 1 aliphatic carbocycles. The van der Waals surface area contributed by atoms with E-state index in [9.17, 15) is 4.79 Å².